The molecule has 0 bridgehead atoms. The van der Waals surface area contributed by atoms with E-state index in [0.29, 0.717) is 13.0 Å². The third-order valence-corrected chi connectivity index (χ3v) is 4.86. The second kappa shape index (κ2) is 3.94. The third-order valence-electron chi connectivity index (χ3n) is 2.13. The molecule has 12 heavy (non-hydrogen) atoms. The molecule has 0 aromatic rings. The number of halogens is 1. The molecule has 0 aromatic carbocycles. The van der Waals surface area contributed by atoms with E-state index in [1.165, 1.54) is 0 Å². The molecule has 2 unspecified atom stereocenters. The molecular weight excluding hydrogens is 200 g/mol. The van der Waals surface area contributed by atoms with Crippen LogP contribution in [0.5, 0.6) is 0 Å². The van der Waals surface area contributed by atoms with E-state index in [-0.39, 0.29) is 23.0 Å². The van der Waals surface area contributed by atoms with Gasteiger partial charge in [0.15, 0.2) is 9.84 Å². The molecule has 2 atom stereocenters. The zero-order valence-electron chi connectivity index (χ0n) is 6.99. The predicted octanol–water partition coefficient (Wildman–Crippen LogP) is 0.817. The van der Waals surface area contributed by atoms with Crippen molar-refractivity contribution in [1.82, 2.24) is 0 Å². The molecule has 5 heteroatoms. The lowest BCUT2D eigenvalue weighted by Gasteiger charge is -2.13. The number of sulfone groups is 1. The molecule has 0 aliphatic carbocycles. The second-order valence-electron chi connectivity index (χ2n) is 2.96. The first-order chi connectivity index (χ1) is 5.58. The molecule has 1 fully saturated rings. The van der Waals surface area contributed by atoms with Gasteiger partial charge in [0.2, 0.25) is 0 Å². The molecule has 0 saturated carbocycles. The fourth-order valence-corrected chi connectivity index (χ4v) is 3.72. The summed E-state index contributed by atoms with van der Waals surface area (Å²) in [6.07, 6.45) is 0.443. The normalized spacial score (nSPS) is 30.8. The van der Waals surface area contributed by atoms with E-state index in [4.69, 9.17) is 16.3 Å². The van der Waals surface area contributed by atoms with Gasteiger partial charge in [0.1, 0.15) is 0 Å². The van der Waals surface area contributed by atoms with Crippen molar-refractivity contribution >= 4 is 21.4 Å². The van der Waals surface area contributed by atoms with E-state index < -0.39 is 9.84 Å². The lowest BCUT2D eigenvalue weighted by Crippen LogP contribution is -2.30. The summed E-state index contributed by atoms with van der Waals surface area (Å²) in [5.74, 6) is 0.235. The number of hydrogen-bond donors (Lipinski definition) is 0. The zero-order valence-corrected chi connectivity index (χ0v) is 8.57. The topological polar surface area (TPSA) is 43.4 Å². The highest BCUT2D eigenvalue weighted by molar-refractivity contribution is 7.92. The van der Waals surface area contributed by atoms with E-state index in [1.807, 2.05) is 0 Å². The van der Waals surface area contributed by atoms with E-state index in [9.17, 15) is 8.42 Å². The number of hydrogen-bond acceptors (Lipinski definition) is 3. The Kier molecular flexibility index (Phi) is 3.37. The van der Waals surface area contributed by atoms with Crippen LogP contribution >= 0.6 is 11.6 Å². The van der Waals surface area contributed by atoms with Crippen molar-refractivity contribution in [2.24, 2.45) is 0 Å². The van der Waals surface area contributed by atoms with Gasteiger partial charge in [0, 0.05) is 12.5 Å². The smallest absolute Gasteiger partial charge is 0.156 e. The van der Waals surface area contributed by atoms with E-state index in [1.54, 1.807) is 6.92 Å². The average molecular weight is 213 g/mol. The van der Waals surface area contributed by atoms with Gasteiger partial charge in [-0.15, -0.1) is 11.6 Å². The van der Waals surface area contributed by atoms with Crippen molar-refractivity contribution in [3.63, 3.8) is 0 Å². The molecule has 1 heterocycles. The first-order valence-electron chi connectivity index (χ1n) is 3.97. The van der Waals surface area contributed by atoms with Crippen molar-refractivity contribution < 1.29 is 13.2 Å². The van der Waals surface area contributed by atoms with E-state index >= 15 is 0 Å². The van der Waals surface area contributed by atoms with Crippen LogP contribution in [0, 0.1) is 0 Å². The fraction of sp³-hybridized carbons (Fsp3) is 1.00. The van der Waals surface area contributed by atoms with Crippen molar-refractivity contribution in [1.29, 1.82) is 0 Å². The maximum atomic E-state index is 11.5. The number of alkyl halides is 1. The van der Waals surface area contributed by atoms with Crippen LogP contribution in [0.2, 0.25) is 0 Å². The molecule has 72 valence electrons. The molecule has 3 nitrogen and oxygen atoms in total. The molecule has 1 aliphatic heterocycles. The van der Waals surface area contributed by atoms with Gasteiger partial charge in [-0.1, -0.05) is 0 Å². The SMILES string of the molecule is CC1OCCC1S(=O)(=O)CCCl. The molecular formula is C7H13ClO3S. The maximum absolute atomic E-state index is 11.5. The summed E-state index contributed by atoms with van der Waals surface area (Å²) < 4.78 is 28.1. The Bertz CT molecular complexity index is 237. The summed E-state index contributed by atoms with van der Waals surface area (Å²) in [7, 11) is -3.02. The molecule has 0 aromatic heterocycles. The quantitative estimate of drug-likeness (QED) is 0.651. The Morgan fingerprint density at radius 3 is 2.67 bits per heavy atom. The first kappa shape index (κ1) is 10.3. The highest BCUT2D eigenvalue weighted by Gasteiger charge is 2.34. The third kappa shape index (κ3) is 2.12. The van der Waals surface area contributed by atoms with Gasteiger partial charge >= 0.3 is 0 Å². The van der Waals surface area contributed by atoms with Crippen LogP contribution in [0.15, 0.2) is 0 Å². The van der Waals surface area contributed by atoms with Crippen LogP contribution in [0.1, 0.15) is 13.3 Å². The van der Waals surface area contributed by atoms with Crippen LogP contribution in [-0.2, 0) is 14.6 Å². The molecule has 1 aliphatic rings. The van der Waals surface area contributed by atoms with Gasteiger partial charge in [-0.25, -0.2) is 8.42 Å². The van der Waals surface area contributed by atoms with Crippen LogP contribution in [0.4, 0.5) is 0 Å². The average Bonchev–Trinajstić information content (AvgIpc) is 2.35. The van der Waals surface area contributed by atoms with Gasteiger partial charge in [-0.05, 0) is 13.3 Å². The summed E-state index contributed by atoms with van der Waals surface area (Å²) in [5.41, 5.74) is 0. The molecule has 0 radical (unpaired) electrons. The molecule has 0 amide bonds. The summed E-state index contributed by atoms with van der Waals surface area (Å²) >= 11 is 5.39. The van der Waals surface area contributed by atoms with Crippen molar-refractivity contribution in [2.45, 2.75) is 24.7 Å². The van der Waals surface area contributed by atoms with E-state index in [2.05, 4.69) is 0 Å². The first-order valence-corrected chi connectivity index (χ1v) is 6.22. The zero-order chi connectivity index (χ0) is 9.19. The minimum Gasteiger partial charge on any atom is -0.377 e. The van der Waals surface area contributed by atoms with Crippen molar-refractivity contribution in [3.05, 3.63) is 0 Å². The highest BCUT2D eigenvalue weighted by atomic mass is 35.5. The van der Waals surface area contributed by atoms with Crippen LogP contribution in [0.3, 0.4) is 0 Å². The fourth-order valence-electron chi connectivity index (χ4n) is 1.44. The lowest BCUT2D eigenvalue weighted by atomic mass is 10.3. The van der Waals surface area contributed by atoms with Gasteiger partial charge in [-0.3, -0.25) is 0 Å². The Balaban J connectivity index is 2.68. The van der Waals surface area contributed by atoms with Gasteiger partial charge in [0.25, 0.3) is 0 Å². The molecule has 1 rings (SSSR count). The van der Waals surface area contributed by atoms with Crippen molar-refractivity contribution in [3.8, 4) is 0 Å². The Morgan fingerprint density at radius 1 is 1.58 bits per heavy atom. The standard InChI is InChI=1S/C7H13ClO3S/c1-6-7(2-4-11-6)12(9,10)5-3-8/h6-7H,2-5H2,1H3. The van der Waals surface area contributed by atoms with Gasteiger partial charge in [-0.2, -0.15) is 0 Å². The lowest BCUT2D eigenvalue weighted by molar-refractivity contribution is 0.126. The summed E-state index contributed by atoms with van der Waals surface area (Å²) in [5, 5.41) is -0.337. The molecule has 1 saturated heterocycles. The largest absolute Gasteiger partial charge is 0.377 e. The summed E-state index contributed by atoms with van der Waals surface area (Å²) in [6.45, 7) is 2.34. The van der Waals surface area contributed by atoms with Gasteiger partial charge < -0.3 is 4.74 Å². The Hall–Kier alpha value is 0.200. The monoisotopic (exact) mass is 212 g/mol. The highest BCUT2D eigenvalue weighted by Crippen LogP contribution is 2.21. The van der Waals surface area contributed by atoms with Crippen LogP contribution < -0.4 is 0 Å². The van der Waals surface area contributed by atoms with Crippen molar-refractivity contribution in [2.75, 3.05) is 18.2 Å². The predicted molar refractivity (Wildman–Crippen MR) is 48.3 cm³/mol. The van der Waals surface area contributed by atoms with Crippen LogP contribution in [-0.4, -0.2) is 38.0 Å². The minimum atomic E-state index is -3.02. The minimum absolute atomic E-state index is 0.0624. The second-order valence-corrected chi connectivity index (χ2v) is 5.68. The Morgan fingerprint density at radius 2 is 2.25 bits per heavy atom. The Labute approximate surface area is 78.0 Å². The van der Waals surface area contributed by atoms with Gasteiger partial charge in [0.05, 0.1) is 17.1 Å². The summed E-state index contributed by atoms with van der Waals surface area (Å²) in [4.78, 5) is 0. The van der Waals surface area contributed by atoms with Crippen LogP contribution in [0.25, 0.3) is 0 Å². The number of rotatable bonds is 3. The molecule has 0 N–H and O–H groups in total. The van der Waals surface area contributed by atoms with E-state index in [0.717, 1.165) is 0 Å². The summed E-state index contributed by atoms with van der Waals surface area (Å²) in [6, 6.07) is 0. The number of ether oxygens (including phenoxy) is 1. The maximum Gasteiger partial charge on any atom is 0.156 e. The molecule has 0 spiro atoms.